The summed E-state index contributed by atoms with van der Waals surface area (Å²) < 4.78 is 5.13. The standard InChI is InChI=1S/C15H20O3/c1-13-6-8-14(9-7-13)10-12-18-15(17)5-3-2-4-11-16/h6-9,11H,2-5,10,12H2,1H3. The molecule has 0 unspecified atom stereocenters. The van der Waals surface area contributed by atoms with E-state index in [1.165, 1.54) is 11.1 Å². The van der Waals surface area contributed by atoms with Crippen molar-refractivity contribution in [2.75, 3.05) is 6.61 Å². The van der Waals surface area contributed by atoms with Gasteiger partial charge in [0.15, 0.2) is 0 Å². The number of benzene rings is 1. The van der Waals surface area contributed by atoms with E-state index in [2.05, 4.69) is 12.1 Å². The number of hydrogen-bond acceptors (Lipinski definition) is 3. The molecule has 0 heterocycles. The lowest BCUT2D eigenvalue weighted by Crippen LogP contribution is -2.07. The number of aldehydes is 1. The zero-order chi connectivity index (χ0) is 13.2. The van der Waals surface area contributed by atoms with Crippen LogP contribution in [0.25, 0.3) is 0 Å². The summed E-state index contributed by atoms with van der Waals surface area (Å²) in [4.78, 5) is 21.4. The molecule has 0 aliphatic carbocycles. The number of unbranched alkanes of at least 4 members (excludes halogenated alkanes) is 2. The van der Waals surface area contributed by atoms with Crippen molar-refractivity contribution in [2.24, 2.45) is 0 Å². The van der Waals surface area contributed by atoms with Crippen molar-refractivity contribution in [2.45, 2.75) is 39.0 Å². The van der Waals surface area contributed by atoms with Crippen molar-refractivity contribution in [3.63, 3.8) is 0 Å². The van der Waals surface area contributed by atoms with Crippen molar-refractivity contribution in [3.8, 4) is 0 Å². The highest BCUT2D eigenvalue weighted by atomic mass is 16.5. The van der Waals surface area contributed by atoms with Crippen LogP contribution in [0.4, 0.5) is 0 Å². The maximum absolute atomic E-state index is 11.3. The molecule has 3 nitrogen and oxygen atoms in total. The zero-order valence-corrected chi connectivity index (χ0v) is 10.9. The number of carbonyl (C=O) groups excluding carboxylic acids is 2. The first-order valence-corrected chi connectivity index (χ1v) is 6.37. The molecule has 0 N–H and O–H groups in total. The fraction of sp³-hybridized carbons (Fsp3) is 0.467. The second kappa shape index (κ2) is 8.45. The molecular weight excluding hydrogens is 228 g/mol. The second-order valence-corrected chi connectivity index (χ2v) is 4.37. The van der Waals surface area contributed by atoms with E-state index in [-0.39, 0.29) is 5.97 Å². The predicted molar refractivity (Wildman–Crippen MR) is 70.4 cm³/mol. The summed E-state index contributed by atoms with van der Waals surface area (Å²) in [5, 5.41) is 0. The van der Waals surface area contributed by atoms with Crippen LogP contribution in [0.5, 0.6) is 0 Å². The van der Waals surface area contributed by atoms with E-state index in [1.54, 1.807) is 0 Å². The van der Waals surface area contributed by atoms with Crippen molar-refractivity contribution >= 4 is 12.3 Å². The molecule has 0 spiro atoms. The van der Waals surface area contributed by atoms with Gasteiger partial charge in [-0.3, -0.25) is 4.79 Å². The molecule has 0 radical (unpaired) electrons. The Kier molecular flexibility index (Phi) is 6.77. The van der Waals surface area contributed by atoms with Crippen LogP contribution in [0.15, 0.2) is 24.3 Å². The summed E-state index contributed by atoms with van der Waals surface area (Å²) in [6.45, 7) is 2.47. The van der Waals surface area contributed by atoms with E-state index in [0.29, 0.717) is 19.4 Å². The average molecular weight is 248 g/mol. The Hall–Kier alpha value is -1.64. The molecule has 1 aromatic rings. The quantitative estimate of drug-likeness (QED) is 0.403. The Morgan fingerprint density at radius 2 is 1.94 bits per heavy atom. The summed E-state index contributed by atoms with van der Waals surface area (Å²) >= 11 is 0. The molecule has 0 fully saturated rings. The maximum Gasteiger partial charge on any atom is 0.305 e. The molecule has 0 aliphatic heterocycles. The van der Waals surface area contributed by atoms with Crippen molar-refractivity contribution in [1.82, 2.24) is 0 Å². The van der Waals surface area contributed by atoms with E-state index < -0.39 is 0 Å². The van der Waals surface area contributed by atoms with Crippen LogP contribution in [-0.2, 0) is 20.7 Å². The molecule has 0 aliphatic rings. The maximum atomic E-state index is 11.3. The van der Waals surface area contributed by atoms with Gasteiger partial charge in [-0.1, -0.05) is 29.8 Å². The number of rotatable bonds is 8. The fourth-order valence-electron chi connectivity index (χ4n) is 1.61. The molecule has 0 aromatic heterocycles. The number of esters is 1. The molecule has 3 heteroatoms. The first kappa shape index (κ1) is 14.4. The number of carbonyl (C=O) groups is 2. The second-order valence-electron chi connectivity index (χ2n) is 4.37. The van der Waals surface area contributed by atoms with Gasteiger partial charge < -0.3 is 9.53 Å². The van der Waals surface area contributed by atoms with E-state index >= 15 is 0 Å². The third-order valence-corrected chi connectivity index (χ3v) is 2.73. The van der Waals surface area contributed by atoms with Crippen LogP contribution < -0.4 is 0 Å². The average Bonchev–Trinajstić information content (AvgIpc) is 2.37. The van der Waals surface area contributed by atoms with Gasteiger partial charge in [0.2, 0.25) is 0 Å². The summed E-state index contributed by atoms with van der Waals surface area (Å²) in [5.41, 5.74) is 2.40. The molecule has 0 saturated carbocycles. The third-order valence-electron chi connectivity index (χ3n) is 2.73. The van der Waals surface area contributed by atoms with E-state index in [9.17, 15) is 9.59 Å². The summed E-state index contributed by atoms with van der Waals surface area (Å²) in [6.07, 6.45) is 4.04. The van der Waals surface area contributed by atoms with Crippen LogP contribution in [-0.4, -0.2) is 18.9 Å². The Bertz CT molecular complexity index is 368. The Labute approximate surface area is 108 Å². The van der Waals surface area contributed by atoms with E-state index in [0.717, 1.165) is 25.5 Å². The number of hydrogen-bond donors (Lipinski definition) is 0. The van der Waals surface area contributed by atoms with Crippen molar-refractivity contribution in [3.05, 3.63) is 35.4 Å². The number of ether oxygens (including phenoxy) is 1. The lowest BCUT2D eigenvalue weighted by molar-refractivity contribution is -0.143. The normalized spacial score (nSPS) is 10.1. The summed E-state index contributed by atoms with van der Waals surface area (Å²) in [5.74, 6) is -0.173. The topological polar surface area (TPSA) is 43.4 Å². The number of aryl methyl sites for hydroxylation is 1. The fourth-order valence-corrected chi connectivity index (χ4v) is 1.61. The molecule has 18 heavy (non-hydrogen) atoms. The summed E-state index contributed by atoms with van der Waals surface area (Å²) in [6, 6.07) is 8.20. The lowest BCUT2D eigenvalue weighted by atomic mass is 10.1. The first-order valence-electron chi connectivity index (χ1n) is 6.37. The van der Waals surface area contributed by atoms with Crippen molar-refractivity contribution < 1.29 is 14.3 Å². The van der Waals surface area contributed by atoms with Gasteiger partial charge in [0.1, 0.15) is 6.29 Å². The largest absolute Gasteiger partial charge is 0.465 e. The molecule has 1 rings (SSSR count). The Balaban J connectivity index is 2.11. The monoisotopic (exact) mass is 248 g/mol. The summed E-state index contributed by atoms with van der Waals surface area (Å²) in [7, 11) is 0. The van der Waals surface area contributed by atoms with E-state index in [1.807, 2.05) is 19.1 Å². The van der Waals surface area contributed by atoms with Gasteiger partial charge in [0, 0.05) is 19.3 Å². The van der Waals surface area contributed by atoms with Crippen molar-refractivity contribution in [1.29, 1.82) is 0 Å². The van der Waals surface area contributed by atoms with Crippen LogP contribution in [0.3, 0.4) is 0 Å². The van der Waals surface area contributed by atoms with Crippen LogP contribution >= 0.6 is 0 Å². The minimum absolute atomic E-state index is 0.173. The van der Waals surface area contributed by atoms with Gasteiger partial charge in [0.25, 0.3) is 0 Å². The first-order chi connectivity index (χ1) is 8.72. The zero-order valence-electron chi connectivity index (χ0n) is 10.9. The Morgan fingerprint density at radius 3 is 2.61 bits per heavy atom. The van der Waals surface area contributed by atoms with Crippen LogP contribution in [0, 0.1) is 6.92 Å². The minimum Gasteiger partial charge on any atom is -0.465 e. The smallest absolute Gasteiger partial charge is 0.305 e. The molecule has 0 saturated heterocycles. The molecule has 0 bridgehead atoms. The van der Waals surface area contributed by atoms with Gasteiger partial charge in [0.05, 0.1) is 6.61 Å². The Morgan fingerprint density at radius 1 is 1.22 bits per heavy atom. The van der Waals surface area contributed by atoms with Gasteiger partial charge in [-0.2, -0.15) is 0 Å². The lowest BCUT2D eigenvalue weighted by Gasteiger charge is -2.05. The van der Waals surface area contributed by atoms with Crippen LogP contribution in [0.1, 0.15) is 36.8 Å². The molecule has 98 valence electrons. The SMILES string of the molecule is Cc1ccc(CCOC(=O)CCCCC=O)cc1. The minimum atomic E-state index is -0.173. The van der Waals surface area contributed by atoms with Gasteiger partial charge in [-0.25, -0.2) is 0 Å². The van der Waals surface area contributed by atoms with Gasteiger partial charge in [-0.15, -0.1) is 0 Å². The molecule has 1 aromatic carbocycles. The molecule has 0 atom stereocenters. The van der Waals surface area contributed by atoms with Gasteiger partial charge >= 0.3 is 5.97 Å². The highest BCUT2D eigenvalue weighted by Crippen LogP contribution is 2.05. The highest BCUT2D eigenvalue weighted by Gasteiger charge is 2.02. The predicted octanol–water partition coefficient (Wildman–Crippen LogP) is 2.84. The van der Waals surface area contributed by atoms with Crippen LogP contribution in [0.2, 0.25) is 0 Å². The molecular formula is C15H20O3. The highest BCUT2D eigenvalue weighted by molar-refractivity contribution is 5.69. The van der Waals surface area contributed by atoms with Gasteiger partial charge in [-0.05, 0) is 25.3 Å². The third kappa shape index (κ3) is 6.18. The molecule has 0 amide bonds. The van der Waals surface area contributed by atoms with E-state index in [4.69, 9.17) is 4.74 Å².